The number of cyclic esters (lactones) is 2. The van der Waals surface area contributed by atoms with Crippen LogP contribution in [0.2, 0.25) is 0 Å². The molecular formula is C24H29N3O5. The number of benzene rings is 1. The van der Waals surface area contributed by atoms with Gasteiger partial charge in [0.15, 0.2) is 0 Å². The lowest BCUT2D eigenvalue weighted by molar-refractivity contribution is -0.136. The minimum atomic E-state index is -0.322. The van der Waals surface area contributed by atoms with Crippen LogP contribution in [-0.4, -0.2) is 78.0 Å². The number of ether oxygens (including phenoxy) is 2. The van der Waals surface area contributed by atoms with Crippen molar-refractivity contribution in [1.29, 1.82) is 0 Å². The molecule has 0 radical (unpaired) electrons. The molecule has 1 aromatic rings. The van der Waals surface area contributed by atoms with Crippen molar-refractivity contribution in [2.75, 3.05) is 39.3 Å². The number of rotatable bonds is 5. The minimum Gasteiger partial charge on any atom is -0.457 e. The van der Waals surface area contributed by atoms with E-state index < -0.39 is 0 Å². The first-order chi connectivity index (χ1) is 15.4. The van der Waals surface area contributed by atoms with Gasteiger partial charge in [-0.3, -0.25) is 4.90 Å². The van der Waals surface area contributed by atoms with Crippen molar-refractivity contribution in [1.82, 2.24) is 14.7 Å². The van der Waals surface area contributed by atoms with E-state index in [-0.39, 0.29) is 30.6 Å². The molecule has 1 aromatic carbocycles. The summed E-state index contributed by atoms with van der Waals surface area (Å²) in [6.07, 6.45) is 2.85. The summed E-state index contributed by atoms with van der Waals surface area (Å²) in [5.41, 5.74) is 5.44. The summed E-state index contributed by atoms with van der Waals surface area (Å²) in [4.78, 5) is 42.5. The smallest absolute Gasteiger partial charge is 0.338 e. The molecule has 32 heavy (non-hydrogen) atoms. The average molecular weight is 440 g/mol. The van der Waals surface area contributed by atoms with Crippen molar-refractivity contribution in [3.63, 3.8) is 0 Å². The molecule has 4 heterocycles. The van der Waals surface area contributed by atoms with Crippen LogP contribution in [0.25, 0.3) is 0 Å². The predicted molar refractivity (Wildman–Crippen MR) is 116 cm³/mol. The molecule has 0 unspecified atom stereocenters. The molecule has 0 atom stereocenters. The van der Waals surface area contributed by atoms with Gasteiger partial charge in [0.25, 0.3) is 0 Å². The number of amides is 2. The Morgan fingerprint density at radius 3 is 2.41 bits per heavy atom. The van der Waals surface area contributed by atoms with Crippen molar-refractivity contribution in [3.05, 3.63) is 45.7 Å². The molecule has 4 aliphatic rings. The maximum atomic E-state index is 13.0. The van der Waals surface area contributed by atoms with E-state index in [1.54, 1.807) is 11.8 Å². The first-order valence-corrected chi connectivity index (χ1v) is 11.4. The van der Waals surface area contributed by atoms with Gasteiger partial charge in [-0.2, -0.15) is 0 Å². The second-order valence-electron chi connectivity index (χ2n) is 9.05. The average Bonchev–Trinajstić information content (AvgIpc) is 3.46. The van der Waals surface area contributed by atoms with Crippen LogP contribution in [0.1, 0.15) is 46.8 Å². The molecule has 2 amide bonds. The SMILES string of the molecule is CC1=C(N2CCN(C3CCN(CCc4ccc5c(c4C)COC5=O)CC3)C2=O)COC1=O. The van der Waals surface area contributed by atoms with Gasteiger partial charge in [-0.05, 0) is 50.3 Å². The summed E-state index contributed by atoms with van der Waals surface area (Å²) in [6, 6.07) is 4.19. The Labute approximate surface area is 187 Å². The third kappa shape index (κ3) is 3.56. The molecule has 8 heteroatoms. The number of fused-ring (bicyclic) bond motifs is 1. The van der Waals surface area contributed by atoms with Crippen LogP contribution in [0.3, 0.4) is 0 Å². The van der Waals surface area contributed by atoms with Crippen LogP contribution in [0.15, 0.2) is 23.4 Å². The number of nitrogens with zero attached hydrogens (tertiary/aromatic N) is 3. The molecule has 0 aliphatic carbocycles. The minimum absolute atomic E-state index is 0.00151. The van der Waals surface area contributed by atoms with Crippen molar-refractivity contribution < 1.29 is 23.9 Å². The highest BCUT2D eigenvalue weighted by molar-refractivity contribution is 5.94. The number of hydrogen-bond acceptors (Lipinski definition) is 6. The van der Waals surface area contributed by atoms with Crippen LogP contribution in [0, 0.1) is 6.92 Å². The van der Waals surface area contributed by atoms with Crippen molar-refractivity contribution >= 4 is 18.0 Å². The highest BCUT2D eigenvalue weighted by Crippen LogP contribution is 2.29. The first kappa shape index (κ1) is 21.0. The van der Waals surface area contributed by atoms with Crippen LogP contribution in [0.5, 0.6) is 0 Å². The first-order valence-electron chi connectivity index (χ1n) is 11.4. The third-order valence-electron chi connectivity index (χ3n) is 7.42. The Bertz CT molecular complexity index is 1010. The van der Waals surface area contributed by atoms with E-state index in [2.05, 4.69) is 17.9 Å². The maximum absolute atomic E-state index is 13.0. The van der Waals surface area contributed by atoms with Gasteiger partial charge in [-0.1, -0.05) is 6.07 Å². The zero-order valence-electron chi connectivity index (χ0n) is 18.7. The lowest BCUT2D eigenvalue weighted by Gasteiger charge is -2.36. The number of piperidine rings is 1. The highest BCUT2D eigenvalue weighted by atomic mass is 16.5. The molecule has 4 aliphatic heterocycles. The lowest BCUT2D eigenvalue weighted by Crippen LogP contribution is -2.46. The molecule has 0 bridgehead atoms. The number of carbonyl (C=O) groups excluding carboxylic acids is 3. The Kier molecular flexibility index (Phi) is 5.41. The van der Waals surface area contributed by atoms with Crippen LogP contribution >= 0.6 is 0 Å². The number of urea groups is 1. The largest absolute Gasteiger partial charge is 0.457 e. The number of likely N-dealkylation sites (tertiary alicyclic amines) is 1. The van der Waals surface area contributed by atoms with E-state index in [9.17, 15) is 14.4 Å². The van der Waals surface area contributed by atoms with E-state index in [0.717, 1.165) is 50.2 Å². The summed E-state index contributed by atoms with van der Waals surface area (Å²) in [6.45, 7) is 8.59. The van der Waals surface area contributed by atoms with Gasteiger partial charge >= 0.3 is 18.0 Å². The topological polar surface area (TPSA) is 79.4 Å². The van der Waals surface area contributed by atoms with Crippen molar-refractivity contribution in [3.8, 4) is 0 Å². The Morgan fingerprint density at radius 1 is 0.938 bits per heavy atom. The van der Waals surface area contributed by atoms with Crippen molar-refractivity contribution in [2.24, 2.45) is 0 Å². The molecule has 0 saturated carbocycles. The van der Waals surface area contributed by atoms with E-state index >= 15 is 0 Å². The van der Waals surface area contributed by atoms with Crippen LogP contribution < -0.4 is 0 Å². The van der Waals surface area contributed by atoms with Gasteiger partial charge in [0.05, 0.1) is 16.8 Å². The Morgan fingerprint density at radius 2 is 1.69 bits per heavy atom. The predicted octanol–water partition coefficient (Wildman–Crippen LogP) is 2.24. The van der Waals surface area contributed by atoms with E-state index in [0.29, 0.717) is 30.8 Å². The number of hydrogen-bond donors (Lipinski definition) is 0. The van der Waals surface area contributed by atoms with E-state index in [4.69, 9.17) is 9.47 Å². The fraction of sp³-hybridized carbons (Fsp3) is 0.542. The lowest BCUT2D eigenvalue weighted by atomic mass is 9.96. The van der Waals surface area contributed by atoms with Crippen LogP contribution in [0.4, 0.5) is 4.79 Å². The molecular weight excluding hydrogens is 410 g/mol. The van der Waals surface area contributed by atoms with E-state index in [1.807, 2.05) is 11.0 Å². The van der Waals surface area contributed by atoms with E-state index in [1.165, 1.54) is 11.1 Å². The van der Waals surface area contributed by atoms with Gasteiger partial charge < -0.3 is 19.3 Å². The highest BCUT2D eigenvalue weighted by Gasteiger charge is 2.39. The molecule has 0 spiro atoms. The molecule has 170 valence electrons. The summed E-state index contributed by atoms with van der Waals surface area (Å²) in [7, 11) is 0. The third-order valence-corrected chi connectivity index (χ3v) is 7.42. The zero-order chi connectivity index (χ0) is 22.4. The standard InChI is InChI=1S/C24H29N3O5/c1-15-17(3-4-19-20(15)13-31-23(19)29)5-8-25-9-6-18(7-10-25)26-11-12-27(24(26)30)21-14-32-22(28)16(21)2/h3-4,18H,5-14H2,1-2H3. The molecule has 2 fully saturated rings. The Hall–Kier alpha value is -2.87. The zero-order valence-corrected chi connectivity index (χ0v) is 18.7. The van der Waals surface area contributed by atoms with Crippen LogP contribution in [-0.2, 0) is 27.3 Å². The summed E-state index contributed by atoms with van der Waals surface area (Å²) < 4.78 is 10.2. The summed E-state index contributed by atoms with van der Waals surface area (Å²) in [5.74, 6) is -0.539. The number of esters is 2. The maximum Gasteiger partial charge on any atom is 0.338 e. The molecule has 5 rings (SSSR count). The monoisotopic (exact) mass is 439 g/mol. The second kappa shape index (κ2) is 8.24. The molecule has 0 N–H and O–H groups in total. The fourth-order valence-corrected chi connectivity index (χ4v) is 5.29. The number of carbonyl (C=O) groups is 3. The Balaban J connectivity index is 1.14. The van der Waals surface area contributed by atoms with Gasteiger partial charge in [0.2, 0.25) is 0 Å². The summed E-state index contributed by atoms with van der Waals surface area (Å²) in [5, 5.41) is 0. The van der Waals surface area contributed by atoms with Gasteiger partial charge in [0, 0.05) is 44.3 Å². The van der Waals surface area contributed by atoms with Gasteiger partial charge in [0.1, 0.15) is 13.2 Å². The second-order valence-corrected chi connectivity index (χ2v) is 9.05. The quantitative estimate of drug-likeness (QED) is 0.655. The molecule has 2 saturated heterocycles. The fourth-order valence-electron chi connectivity index (χ4n) is 5.29. The molecule has 8 nitrogen and oxygen atoms in total. The summed E-state index contributed by atoms with van der Waals surface area (Å²) >= 11 is 0. The van der Waals surface area contributed by atoms with Crippen molar-refractivity contribution in [2.45, 2.75) is 45.8 Å². The van der Waals surface area contributed by atoms with Gasteiger partial charge in [-0.15, -0.1) is 0 Å². The molecule has 0 aromatic heterocycles. The normalized spacial score (nSPS) is 22.1. The van der Waals surface area contributed by atoms with Gasteiger partial charge in [-0.25, -0.2) is 14.4 Å².